The standard InChI is InChI=1S/C11H13ClN2O3S/c1-2-8-5-11(15)14(7-8)18(16,17)9-3-4-10(12)13-6-9/h3-4,6,8H,2,5,7H2,1H3. The predicted molar refractivity (Wildman–Crippen MR) is 66.5 cm³/mol. The third-order valence-corrected chi connectivity index (χ3v) is 5.02. The second-order valence-corrected chi connectivity index (χ2v) is 6.47. The molecule has 1 amide bonds. The molecule has 0 spiro atoms. The summed E-state index contributed by atoms with van der Waals surface area (Å²) in [6, 6.07) is 2.75. The van der Waals surface area contributed by atoms with E-state index in [1.54, 1.807) is 0 Å². The largest absolute Gasteiger partial charge is 0.274 e. The molecule has 1 fully saturated rings. The normalized spacial score (nSPS) is 20.4. The van der Waals surface area contributed by atoms with Crippen molar-refractivity contribution in [2.75, 3.05) is 6.54 Å². The molecule has 0 radical (unpaired) electrons. The number of rotatable bonds is 3. The maximum absolute atomic E-state index is 12.2. The predicted octanol–water partition coefficient (Wildman–Crippen LogP) is 1.68. The van der Waals surface area contributed by atoms with Gasteiger partial charge in [0.05, 0.1) is 0 Å². The molecule has 1 aliphatic heterocycles. The molecule has 18 heavy (non-hydrogen) atoms. The van der Waals surface area contributed by atoms with Crippen LogP contribution in [0, 0.1) is 5.92 Å². The number of pyridine rings is 1. The third-order valence-electron chi connectivity index (χ3n) is 3.03. The van der Waals surface area contributed by atoms with Crippen molar-refractivity contribution in [2.24, 2.45) is 5.92 Å². The lowest BCUT2D eigenvalue weighted by Crippen LogP contribution is -2.32. The van der Waals surface area contributed by atoms with Crippen LogP contribution in [0.4, 0.5) is 0 Å². The van der Waals surface area contributed by atoms with Crippen molar-refractivity contribution in [1.82, 2.24) is 9.29 Å². The third kappa shape index (κ3) is 2.35. The zero-order valence-corrected chi connectivity index (χ0v) is 11.4. The highest BCUT2D eigenvalue weighted by molar-refractivity contribution is 7.89. The van der Waals surface area contributed by atoms with Gasteiger partial charge in [-0.25, -0.2) is 17.7 Å². The van der Waals surface area contributed by atoms with Crippen LogP contribution < -0.4 is 0 Å². The molecule has 2 rings (SSSR count). The first kappa shape index (κ1) is 13.3. The molecular formula is C11H13ClN2O3S. The molecule has 98 valence electrons. The van der Waals surface area contributed by atoms with E-state index in [9.17, 15) is 13.2 Å². The highest BCUT2D eigenvalue weighted by Crippen LogP contribution is 2.27. The second-order valence-electron chi connectivity index (χ2n) is 4.22. The molecule has 0 aliphatic carbocycles. The fourth-order valence-electron chi connectivity index (χ4n) is 1.90. The second kappa shape index (κ2) is 4.85. The van der Waals surface area contributed by atoms with Crippen molar-refractivity contribution < 1.29 is 13.2 Å². The van der Waals surface area contributed by atoms with Gasteiger partial charge in [-0.3, -0.25) is 4.79 Å². The molecule has 0 saturated carbocycles. The van der Waals surface area contributed by atoms with E-state index < -0.39 is 10.0 Å². The number of hydrogen-bond acceptors (Lipinski definition) is 4. The maximum Gasteiger partial charge on any atom is 0.268 e. The Labute approximate surface area is 111 Å². The Bertz CT molecular complexity index is 556. The first-order valence-electron chi connectivity index (χ1n) is 5.62. The highest BCUT2D eigenvalue weighted by Gasteiger charge is 2.37. The first-order valence-corrected chi connectivity index (χ1v) is 7.44. The molecule has 2 heterocycles. The number of amides is 1. The molecule has 0 N–H and O–H groups in total. The Morgan fingerprint density at radius 3 is 2.72 bits per heavy atom. The molecule has 7 heteroatoms. The van der Waals surface area contributed by atoms with E-state index >= 15 is 0 Å². The summed E-state index contributed by atoms with van der Waals surface area (Å²) in [5, 5.41) is 0.216. The Morgan fingerprint density at radius 1 is 1.50 bits per heavy atom. The lowest BCUT2D eigenvalue weighted by atomic mass is 10.1. The van der Waals surface area contributed by atoms with Gasteiger partial charge in [-0.1, -0.05) is 24.9 Å². The van der Waals surface area contributed by atoms with Crippen LogP contribution in [0.5, 0.6) is 0 Å². The zero-order chi connectivity index (χ0) is 13.3. The summed E-state index contributed by atoms with van der Waals surface area (Å²) >= 11 is 5.61. The van der Waals surface area contributed by atoms with Gasteiger partial charge in [-0.05, 0) is 18.1 Å². The molecule has 1 unspecified atom stereocenters. The van der Waals surface area contributed by atoms with E-state index in [4.69, 9.17) is 11.6 Å². The molecule has 0 bridgehead atoms. The maximum atomic E-state index is 12.2. The van der Waals surface area contributed by atoms with Gasteiger partial charge in [-0.2, -0.15) is 0 Å². The average Bonchev–Trinajstić information content (AvgIpc) is 2.72. The summed E-state index contributed by atoms with van der Waals surface area (Å²) in [5.41, 5.74) is 0. The van der Waals surface area contributed by atoms with Gasteiger partial charge in [0.25, 0.3) is 10.0 Å². The molecule has 1 aromatic rings. The van der Waals surface area contributed by atoms with Crippen molar-refractivity contribution in [3.8, 4) is 0 Å². The summed E-state index contributed by atoms with van der Waals surface area (Å²) in [6.07, 6.45) is 2.25. The van der Waals surface area contributed by atoms with Crippen LogP contribution in [0.1, 0.15) is 19.8 Å². The van der Waals surface area contributed by atoms with Crippen LogP contribution in [0.25, 0.3) is 0 Å². The smallest absolute Gasteiger partial charge is 0.268 e. The highest BCUT2D eigenvalue weighted by atomic mass is 35.5. The molecular weight excluding hydrogens is 276 g/mol. The van der Waals surface area contributed by atoms with E-state index in [1.165, 1.54) is 18.3 Å². The van der Waals surface area contributed by atoms with E-state index in [0.717, 1.165) is 10.7 Å². The van der Waals surface area contributed by atoms with Gasteiger partial charge < -0.3 is 0 Å². The SMILES string of the molecule is CCC1CC(=O)N(S(=O)(=O)c2ccc(Cl)nc2)C1. The quantitative estimate of drug-likeness (QED) is 0.794. The van der Waals surface area contributed by atoms with Crippen molar-refractivity contribution in [3.05, 3.63) is 23.5 Å². The number of hydrogen-bond donors (Lipinski definition) is 0. The Hall–Kier alpha value is -1.14. The minimum atomic E-state index is -3.79. The van der Waals surface area contributed by atoms with Gasteiger partial charge in [0, 0.05) is 19.2 Å². The fraction of sp³-hybridized carbons (Fsp3) is 0.455. The van der Waals surface area contributed by atoms with Gasteiger partial charge >= 0.3 is 0 Å². The van der Waals surface area contributed by atoms with Crippen LogP contribution in [-0.2, 0) is 14.8 Å². The molecule has 1 aliphatic rings. The van der Waals surface area contributed by atoms with Gasteiger partial charge in [-0.15, -0.1) is 0 Å². The van der Waals surface area contributed by atoms with Crippen LogP contribution in [0.3, 0.4) is 0 Å². The minimum absolute atomic E-state index is 0.00277. The van der Waals surface area contributed by atoms with E-state index in [1.807, 2.05) is 6.92 Å². The summed E-state index contributed by atoms with van der Waals surface area (Å²) in [6.45, 7) is 2.19. The van der Waals surface area contributed by atoms with Crippen LogP contribution in [0.2, 0.25) is 5.15 Å². The van der Waals surface area contributed by atoms with Gasteiger partial charge in [0.15, 0.2) is 0 Å². The Balaban J connectivity index is 2.32. The monoisotopic (exact) mass is 288 g/mol. The minimum Gasteiger partial charge on any atom is -0.274 e. The summed E-state index contributed by atoms with van der Waals surface area (Å²) in [7, 11) is -3.79. The molecule has 0 aromatic carbocycles. The lowest BCUT2D eigenvalue weighted by molar-refractivity contribution is -0.123. The molecule has 1 aromatic heterocycles. The number of nitrogens with zero attached hydrogens (tertiary/aromatic N) is 2. The van der Waals surface area contributed by atoms with Crippen molar-refractivity contribution >= 4 is 27.5 Å². The molecule has 1 saturated heterocycles. The number of halogens is 1. The van der Waals surface area contributed by atoms with Crippen molar-refractivity contribution in [3.63, 3.8) is 0 Å². The van der Waals surface area contributed by atoms with E-state index in [0.29, 0.717) is 0 Å². The van der Waals surface area contributed by atoms with Crippen molar-refractivity contribution in [2.45, 2.75) is 24.7 Å². The topological polar surface area (TPSA) is 67.3 Å². The first-order chi connectivity index (χ1) is 8.45. The number of carbonyl (C=O) groups excluding carboxylic acids is 1. The summed E-state index contributed by atoms with van der Waals surface area (Å²) in [4.78, 5) is 15.5. The number of aromatic nitrogens is 1. The Kier molecular flexibility index (Phi) is 3.59. The fourth-order valence-corrected chi connectivity index (χ4v) is 3.44. The van der Waals surface area contributed by atoms with Crippen LogP contribution in [0.15, 0.2) is 23.2 Å². The molecule has 1 atom stereocenters. The average molecular weight is 289 g/mol. The van der Waals surface area contributed by atoms with E-state index in [-0.39, 0.29) is 34.8 Å². The van der Waals surface area contributed by atoms with Crippen LogP contribution in [-0.4, -0.2) is 30.2 Å². The lowest BCUT2D eigenvalue weighted by Gasteiger charge is -2.16. The van der Waals surface area contributed by atoms with E-state index in [2.05, 4.69) is 4.98 Å². The van der Waals surface area contributed by atoms with Crippen LogP contribution >= 0.6 is 11.6 Å². The zero-order valence-electron chi connectivity index (χ0n) is 9.84. The van der Waals surface area contributed by atoms with Gasteiger partial charge in [0.2, 0.25) is 5.91 Å². The number of carbonyl (C=O) groups is 1. The summed E-state index contributed by atoms with van der Waals surface area (Å²) < 4.78 is 25.4. The molecule has 5 nitrogen and oxygen atoms in total. The van der Waals surface area contributed by atoms with Crippen molar-refractivity contribution in [1.29, 1.82) is 0 Å². The number of sulfonamides is 1. The summed E-state index contributed by atoms with van der Waals surface area (Å²) in [5.74, 6) is -0.246. The Morgan fingerprint density at radius 2 is 2.22 bits per heavy atom. The van der Waals surface area contributed by atoms with Gasteiger partial charge in [0.1, 0.15) is 10.0 Å².